The van der Waals surface area contributed by atoms with Crippen molar-refractivity contribution >= 4 is 17.4 Å². The number of benzene rings is 1. The summed E-state index contributed by atoms with van der Waals surface area (Å²) in [6.07, 6.45) is 3.60. The molecule has 3 aromatic rings. The Balaban J connectivity index is 1.35. The van der Waals surface area contributed by atoms with Gasteiger partial charge in [0.25, 0.3) is 0 Å². The summed E-state index contributed by atoms with van der Waals surface area (Å²) in [6.45, 7) is 0.822. The van der Waals surface area contributed by atoms with E-state index in [1.54, 1.807) is 24.2 Å². The number of thioether (sulfide) groups is 1. The Morgan fingerprint density at radius 1 is 1.14 bits per heavy atom. The highest BCUT2D eigenvalue weighted by Crippen LogP contribution is 2.28. The summed E-state index contributed by atoms with van der Waals surface area (Å²) in [6, 6.07) is 12.3. The fourth-order valence-electron chi connectivity index (χ4n) is 3.13. The monoisotopic (exact) mass is 396 g/mol. The Labute approximate surface area is 169 Å². The second-order valence-electron chi connectivity index (χ2n) is 6.94. The van der Waals surface area contributed by atoms with Crippen LogP contribution in [0.15, 0.2) is 53.9 Å². The van der Waals surface area contributed by atoms with Gasteiger partial charge in [-0.15, -0.1) is 10.2 Å². The summed E-state index contributed by atoms with van der Waals surface area (Å²) < 4.78 is 8.20. The molecule has 7 nitrogen and oxygen atoms in total. The maximum absolute atomic E-state index is 6.19. The van der Waals surface area contributed by atoms with Gasteiger partial charge >= 0.3 is 0 Å². The van der Waals surface area contributed by atoms with Crippen molar-refractivity contribution in [3.63, 3.8) is 0 Å². The smallest absolute Gasteiger partial charge is 0.191 e. The number of nitrogens with zero attached hydrogens (tertiary/aromatic N) is 5. The lowest BCUT2D eigenvalue weighted by molar-refractivity contribution is 0.0534. The molecule has 1 N–H and O–H groups in total. The number of ether oxygens (including phenoxy) is 1. The van der Waals surface area contributed by atoms with E-state index in [0.717, 1.165) is 34.4 Å². The number of anilines is 1. The molecule has 8 heteroatoms. The van der Waals surface area contributed by atoms with E-state index in [0.29, 0.717) is 0 Å². The Bertz CT molecular complexity index is 912. The molecular weight excluding hydrogens is 372 g/mol. The summed E-state index contributed by atoms with van der Waals surface area (Å²) in [4.78, 5) is 6.14. The molecule has 4 rings (SSSR count). The molecule has 1 fully saturated rings. The molecule has 2 aromatic heterocycles. The Hall–Kier alpha value is -2.42. The lowest BCUT2D eigenvalue weighted by Crippen LogP contribution is -2.17. The molecule has 1 aliphatic rings. The Morgan fingerprint density at radius 3 is 2.61 bits per heavy atom. The largest absolute Gasteiger partial charge is 0.378 e. The van der Waals surface area contributed by atoms with Crippen LogP contribution < -0.4 is 10.2 Å². The minimum atomic E-state index is -0.0614. The van der Waals surface area contributed by atoms with Crippen LogP contribution in [0.4, 0.5) is 5.69 Å². The first-order valence-electron chi connectivity index (χ1n) is 9.20. The quantitative estimate of drug-likeness (QED) is 0.643. The number of aromatic nitrogens is 4. The third kappa shape index (κ3) is 4.04. The van der Waals surface area contributed by atoms with Crippen LogP contribution in [0.1, 0.15) is 11.8 Å². The third-order valence-corrected chi connectivity index (χ3v) is 5.90. The van der Waals surface area contributed by atoms with Gasteiger partial charge in [-0.25, -0.2) is 0 Å². The average Bonchev–Trinajstić information content (AvgIpc) is 3.34. The molecule has 0 spiro atoms. The fraction of sp³-hybridized carbons (Fsp3) is 0.350. The van der Waals surface area contributed by atoms with E-state index in [9.17, 15) is 0 Å². The van der Waals surface area contributed by atoms with Crippen LogP contribution >= 0.6 is 11.8 Å². The average molecular weight is 397 g/mol. The van der Waals surface area contributed by atoms with Gasteiger partial charge in [0.15, 0.2) is 11.0 Å². The van der Waals surface area contributed by atoms with Crippen LogP contribution in [-0.4, -0.2) is 52.2 Å². The minimum absolute atomic E-state index is 0.0614. The number of rotatable bonds is 6. The lowest BCUT2D eigenvalue weighted by atomic mass is 10.2. The van der Waals surface area contributed by atoms with E-state index < -0.39 is 0 Å². The van der Waals surface area contributed by atoms with Crippen LogP contribution in [0.25, 0.3) is 11.4 Å². The van der Waals surface area contributed by atoms with E-state index in [-0.39, 0.29) is 12.3 Å². The number of hydrogen-bond donors (Lipinski definition) is 1. The van der Waals surface area contributed by atoms with Crippen molar-refractivity contribution in [2.24, 2.45) is 7.05 Å². The van der Waals surface area contributed by atoms with E-state index in [1.165, 1.54) is 5.69 Å². The van der Waals surface area contributed by atoms with Crippen molar-refractivity contribution in [2.45, 2.75) is 17.5 Å². The Morgan fingerprint density at radius 2 is 1.89 bits per heavy atom. The molecule has 0 amide bonds. The zero-order valence-corrected chi connectivity index (χ0v) is 17.1. The summed E-state index contributed by atoms with van der Waals surface area (Å²) in [5.74, 6) is 1.66. The van der Waals surface area contributed by atoms with Gasteiger partial charge in [0.2, 0.25) is 0 Å². The molecule has 1 aliphatic heterocycles. The van der Waals surface area contributed by atoms with E-state index >= 15 is 0 Å². The van der Waals surface area contributed by atoms with Gasteiger partial charge in [-0.2, -0.15) is 0 Å². The van der Waals surface area contributed by atoms with E-state index in [1.807, 2.05) is 37.8 Å². The van der Waals surface area contributed by atoms with Gasteiger partial charge in [-0.05, 0) is 29.8 Å². The van der Waals surface area contributed by atoms with Crippen LogP contribution in [0.3, 0.4) is 0 Å². The number of nitrogens with one attached hydrogen (secondary N) is 1. The molecule has 0 unspecified atom stereocenters. The van der Waals surface area contributed by atoms with Crippen LogP contribution in [0, 0.1) is 0 Å². The third-order valence-electron chi connectivity index (χ3n) is 4.74. The van der Waals surface area contributed by atoms with E-state index in [4.69, 9.17) is 4.74 Å². The van der Waals surface area contributed by atoms with Crippen molar-refractivity contribution in [1.29, 1.82) is 0 Å². The van der Waals surface area contributed by atoms with Crippen LogP contribution in [0.5, 0.6) is 0 Å². The van der Waals surface area contributed by atoms with Crippen LogP contribution in [0.2, 0.25) is 0 Å². The van der Waals surface area contributed by atoms with E-state index in [2.05, 4.69) is 49.7 Å². The molecule has 146 valence electrons. The molecule has 1 saturated heterocycles. The van der Waals surface area contributed by atoms with Crippen molar-refractivity contribution in [2.75, 3.05) is 31.3 Å². The second kappa shape index (κ2) is 8.30. The molecule has 0 saturated carbocycles. The van der Waals surface area contributed by atoms with Gasteiger partial charge in [0.05, 0.1) is 6.10 Å². The Kier molecular flexibility index (Phi) is 5.61. The molecule has 1 aromatic carbocycles. The maximum Gasteiger partial charge on any atom is 0.191 e. The molecule has 0 radical (unpaired) electrons. The van der Waals surface area contributed by atoms with Gasteiger partial charge in [-0.3, -0.25) is 10.3 Å². The fourth-order valence-corrected chi connectivity index (χ4v) is 4.04. The first-order chi connectivity index (χ1) is 13.6. The molecule has 28 heavy (non-hydrogen) atoms. The SMILES string of the molecule is CN(C)c1ccc([C@H]2NC[C@H](CSc3nnc(-c4ccncc4)n3C)O2)cc1. The van der Waals surface area contributed by atoms with Gasteiger partial charge in [0, 0.05) is 57.1 Å². The lowest BCUT2D eigenvalue weighted by Gasteiger charge is -2.16. The number of pyridine rings is 1. The second-order valence-corrected chi connectivity index (χ2v) is 7.93. The molecule has 0 aliphatic carbocycles. The highest BCUT2D eigenvalue weighted by Gasteiger charge is 2.26. The first kappa shape index (κ1) is 18.9. The normalized spacial score (nSPS) is 19.1. The maximum atomic E-state index is 6.19. The van der Waals surface area contributed by atoms with Crippen molar-refractivity contribution in [3.8, 4) is 11.4 Å². The molecule has 3 heterocycles. The van der Waals surface area contributed by atoms with Gasteiger partial charge < -0.3 is 14.2 Å². The summed E-state index contributed by atoms with van der Waals surface area (Å²) in [7, 11) is 6.07. The molecule has 2 atom stereocenters. The highest BCUT2D eigenvalue weighted by molar-refractivity contribution is 7.99. The topological polar surface area (TPSA) is 68.1 Å². The minimum Gasteiger partial charge on any atom is -0.378 e. The highest BCUT2D eigenvalue weighted by atomic mass is 32.2. The first-order valence-corrected chi connectivity index (χ1v) is 10.2. The predicted octanol–water partition coefficient (Wildman–Crippen LogP) is 2.72. The summed E-state index contributed by atoms with van der Waals surface area (Å²) in [5, 5.41) is 13.0. The summed E-state index contributed by atoms with van der Waals surface area (Å²) >= 11 is 1.67. The van der Waals surface area contributed by atoms with Crippen molar-refractivity contribution in [1.82, 2.24) is 25.1 Å². The van der Waals surface area contributed by atoms with Gasteiger partial charge in [0.1, 0.15) is 6.23 Å². The van der Waals surface area contributed by atoms with Crippen molar-refractivity contribution in [3.05, 3.63) is 54.4 Å². The molecule has 0 bridgehead atoms. The zero-order chi connectivity index (χ0) is 19.5. The predicted molar refractivity (Wildman–Crippen MR) is 111 cm³/mol. The zero-order valence-electron chi connectivity index (χ0n) is 16.2. The van der Waals surface area contributed by atoms with Crippen LogP contribution in [-0.2, 0) is 11.8 Å². The standard InChI is InChI=1S/C20H24N6OS/c1-25(2)16-6-4-15(5-7-16)19-22-12-17(27-19)13-28-20-24-23-18(26(20)3)14-8-10-21-11-9-14/h4-11,17,19,22H,12-13H2,1-3H3/t17-,19+/m1/s1. The van der Waals surface area contributed by atoms with Gasteiger partial charge in [-0.1, -0.05) is 23.9 Å². The number of hydrogen-bond acceptors (Lipinski definition) is 7. The molecular formula is C20H24N6OS. The summed E-state index contributed by atoms with van der Waals surface area (Å²) in [5.41, 5.74) is 3.34. The van der Waals surface area contributed by atoms with Crippen molar-refractivity contribution < 1.29 is 4.74 Å².